The topological polar surface area (TPSA) is 50.3 Å². The number of hydrogen-bond donors (Lipinski definition) is 1. The van der Waals surface area contributed by atoms with E-state index in [0.717, 1.165) is 74.6 Å². The number of nitrogens with one attached hydrogen (secondary N) is 1. The van der Waals surface area contributed by atoms with Crippen LogP contribution in [0.2, 0.25) is 0 Å². The third kappa shape index (κ3) is 4.72. The van der Waals surface area contributed by atoms with Crippen LogP contribution < -0.4 is 10.1 Å². The molecule has 160 valence electrons. The summed E-state index contributed by atoms with van der Waals surface area (Å²) in [7, 11) is 0. The summed E-state index contributed by atoms with van der Waals surface area (Å²) in [4.78, 5) is 12.2. The van der Waals surface area contributed by atoms with Gasteiger partial charge in [0.1, 0.15) is 5.75 Å². The van der Waals surface area contributed by atoms with Crippen molar-refractivity contribution in [2.24, 2.45) is 0 Å². The number of ether oxygens (including phenoxy) is 1. The number of piperidine rings is 1. The Balaban J connectivity index is 1.25. The molecular formula is C26H30N4O. The van der Waals surface area contributed by atoms with Gasteiger partial charge in [-0.2, -0.15) is 4.98 Å². The SMILES string of the molecule is Cc1ccccc1Oc1nc(NC2CCN(Cc3ccccc3)CC2)nc2c1CCC2. The maximum absolute atomic E-state index is 6.27. The molecule has 1 aliphatic carbocycles. The molecule has 1 N–H and O–H groups in total. The summed E-state index contributed by atoms with van der Waals surface area (Å²) in [5, 5.41) is 3.61. The second kappa shape index (κ2) is 9.06. The van der Waals surface area contributed by atoms with Crippen LogP contribution in [0.5, 0.6) is 11.6 Å². The van der Waals surface area contributed by atoms with Crippen molar-refractivity contribution in [3.8, 4) is 11.6 Å². The zero-order chi connectivity index (χ0) is 21.0. The number of fused-ring (bicyclic) bond motifs is 1. The van der Waals surface area contributed by atoms with Crippen molar-refractivity contribution in [2.75, 3.05) is 18.4 Å². The number of likely N-dealkylation sites (tertiary alicyclic amines) is 1. The highest BCUT2D eigenvalue weighted by Crippen LogP contribution is 2.33. The number of nitrogens with zero attached hydrogens (tertiary/aromatic N) is 3. The van der Waals surface area contributed by atoms with E-state index in [2.05, 4.69) is 53.5 Å². The molecule has 0 amide bonds. The number of hydrogen-bond acceptors (Lipinski definition) is 5. The summed E-state index contributed by atoms with van der Waals surface area (Å²) in [6.07, 6.45) is 5.32. The average Bonchev–Trinajstić information content (AvgIpc) is 3.26. The maximum Gasteiger partial charge on any atom is 0.227 e. The molecule has 5 nitrogen and oxygen atoms in total. The zero-order valence-corrected chi connectivity index (χ0v) is 18.2. The smallest absolute Gasteiger partial charge is 0.227 e. The number of aromatic nitrogens is 2. The van der Waals surface area contributed by atoms with Crippen LogP contribution in [-0.2, 0) is 19.4 Å². The van der Waals surface area contributed by atoms with Crippen LogP contribution in [0.1, 0.15) is 41.6 Å². The van der Waals surface area contributed by atoms with Crippen LogP contribution in [0.3, 0.4) is 0 Å². The molecule has 1 saturated heterocycles. The fraction of sp³-hybridized carbons (Fsp3) is 0.385. The minimum atomic E-state index is 0.401. The molecule has 1 aromatic heterocycles. The molecule has 0 spiro atoms. The first kappa shape index (κ1) is 20.0. The van der Waals surface area contributed by atoms with E-state index in [9.17, 15) is 0 Å². The van der Waals surface area contributed by atoms with Gasteiger partial charge in [-0.1, -0.05) is 48.5 Å². The van der Waals surface area contributed by atoms with E-state index in [1.54, 1.807) is 0 Å². The summed E-state index contributed by atoms with van der Waals surface area (Å²) in [5.41, 5.74) is 4.82. The van der Waals surface area contributed by atoms with Gasteiger partial charge in [-0.15, -0.1) is 0 Å². The molecule has 1 fully saturated rings. The average molecular weight is 415 g/mol. The number of benzene rings is 2. The van der Waals surface area contributed by atoms with Crippen molar-refractivity contribution in [1.29, 1.82) is 0 Å². The highest BCUT2D eigenvalue weighted by atomic mass is 16.5. The summed E-state index contributed by atoms with van der Waals surface area (Å²) in [6.45, 7) is 5.27. The molecule has 2 aliphatic rings. The van der Waals surface area contributed by atoms with Crippen molar-refractivity contribution < 1.29 is 4.74 Å². The molecule has 5 rings (SSSR count). The summed E-state index contributed by atoms with van der Waals surface area (Å²) >= 11 is 0. The fourth-order valence-corrected chi connectivity index (χ4v) is 4.58. The molecule has 2 aromatic carbocycles. The molecule has 0 saturated carbocycles. The summed E-state index contributed by atoms with van der Waals surface area (Å²) in [5.74, 6) is 2.31. The lowest BCUT2D eigenvalue weighted by Crippen LogP contribution is -2.39. The minimum absolute atomic E-state index is 0.401. The number of para-hydroxylation sites is 1. The van der Waals surface area contributed by atoms with Gasteiger partial charge in [0, 0.05) is 31.2 Å². The highest BCUT2D eigenvalue weighted by Gasteiger charge is 2.24. The van der Waals surface area contributed by atoms with Gasteiger partial charge in [0.2, 0.25) is 11.8 Å². The zero-order valence-electron chi connectivity index (χ0n) is 18.2. The molecule has 3 aromatic rings. The van der Waals surface area contributed by atoms with Crippen molar-refractivity contribution in [2.45, 2.75) is 51.6 Å². The van der Waals surface area contributed by atoms with Crippen LogP contribution in [0.15, 0.2) is 54.6 Å². The van der Waals surface area contributed by atoms with Crippen molar-refractivity contribution in [3.05, 3.63) is 77.0 Å². The second-order valence-electron chi connectivity index (χ2n) is 8.68. The van der Waals surface area contributed by atoms with Gasteiger partial charge in [0.05, 0.1) is 5.69 Å². The van der Waals surface area contributed by atoms with E-state index in [0.29, 0.717) is 12.0 Å². The van der Waals surface area contributed by atoms with E-state index in [-0.39, 0.29) is 0 Å². The molecule has 0 unspecified atom stereocenters. The van der Waals surface area contributed by atoms with E-state index in [1.165, 1.54) is 11.1 Å². The van der Waals surface area contributed by atoms with E-state index in [1.807, 2.05) is 18.2 Å². The molecule has 1 aliphatic heterocycles. The lowest BCUT2D eigenvalue weighted by Gasteiger charge is -2.32. The van der Waals surface area contributed by atoms with Crippen LogP contribution in [-0.4, -0.2) is 34.0 Å². The fourth-order valence-electron chi connectivity index (χ4n) is 4.58. The van der Waals surface area contributed by atoms with Crippen molar-refractivity contribution in [3.63, 3.8) is 0 Å². The van der Waals surface area contributed by atoms with E-state index < -0.39 is 0 Å². The minimum Gasteiger partial charge on any atom is -0.438 e. The Morgan fingerprint density at radius 1 is 0.968 bits per heavy atom. The van der Waals surface area contributed by atoms with Gasteiger partial charge in [-0.05, 0) is 56.2 Å². The van der Waals surface area contributed by atoms with Crippen LogP contribution in [0.4, 0.5) is 5.95 Å². The number of aryl methyl sites for hydroxylation is 2. The van der Waals surface area contributed by atoms with Gasteiger partial charge >= 0.3 is 0 Å². The van der Waals surface area contributed by atoms with Gasteiger partial charge in [-0.3, -0.25) is 4.90 Å². The Morgan fingerprint density at radius 3 is 2.55 bits per heavy atom. The first-order valence-corrected chi connectivity index (χ1v) is 11.4. The number of anilines is 1. The first-order chi connectivity index (χ1) is 15.2. The van der Waals surface area contributed by atoms with E-state index >= 15 is 0 Å². The number of rotatable bonds is 6. The van der Waals surface area contributed by atoms with Crippen LogP contribution >= 0.6 is 0 Å². The molecule has 5 heteroatoms. The Hall–Kier alpha value is -2.92. The normalized spacial score (nSPS) is 16.8. The molecule has 0 bridgehead atoms. The van der Waals surface area contributed by atoms with Gasteiger partial charge in [-0.25, -0.2) is 4.98 Å². The van der Waals surface area contributed by atoms with Crippen molar-refractivity contribution in [1.82, 2.24) is 14.9 Å². The first-order valence-electron chi connectivity index (χ1n) is 11.4. The molecule has 2 heterocycles. The summed E-state index contributed by atoms with van der Waals surface area (Å²) in [6, 6.07) is 19.2. The standard InChI is InChI=1S/C26H30N4O/c1-19-8-5-6-13-24(19)31-25-22-11-7-12-23(22)28-26(29-25)27-21-14-16-30(17-15-21)18-20-9-3-2-4-10-20/h2-6,8-10,13,21H,7,11-12,14-18H2,1H3,(H,27,28,29). The lowest BCUT2D eigenvalue weighted by atomic mass is 10.0. The molecule has 0 atom stereocenters. The molecule has 0 radical (unpaired) electrons. The van der Waals surface area contributed by atoms with E-state index in [4.69, 9.17) is 14.7 Å². The monoisotopic (exact) mass is 414 g/mol. The Labute approximate surface area is 184 Å². The van der Waals surface area contributed by atoms with Crippen LogP contribution in [0, 0.1) is 6.92 Å². The predicted octanol–water partition coefficient (Wildman–Crippen LogP) is 5.14. The Kier molecular flexibility index (Phi) is 5.85. The molecular weight excluding hydrogens is 384 g/mol. The van der Waals surface area contributed by atoms with Crippen LogP contribution in [0.25, 0.3) is 0 Å². The van der Waals surface area contributed by atoms with Gasteiger partial charge in [0.25, 0.3) is 0 Å². The third-order valence-electron chi connectivity index (χ3n) is 6.37. The quantitative estimate of drug-likeness (QED) is 0.605. The predicted molar refractivity (Wildman–Crippen MR) is 124 cm³/mol. The Morgan fingerprint density at radius 2 is 1.74 bits per heavy atom. The lowest BCUT2D eigenvalue weighted by molar-refractivity contribution is 0.211. The van der Waals surface area contributed by atoms with Gasteiger partial charge < -0.3 is 10.1 Å². The maximum atomic E-state index is 6.27. The third-order valence-corrected chi connectivity index (χ3v) is 6.37. The highest BCUT2D eigenvalue weighted by molar-refractivity contribution is 5.44. The van der Waals surface area contributed by atoms with Crippen molar-refractivity contribution >= 4 is 5.95 Å². The molecule has 31 heavy (non-hydrogen) atoms. The summed E-state index contributed by atoms with van der Waals surface area (Å²) < 4.78 is 6.27. The Bertz CT molecular complexity index is 1030. The second-order valence-corrected chi connectivity index (χ2v) is 8.68. The largest absolute Gasteiger partial charge is 0.438 e. The van der Waals surface area contributed by atoms with Gasteiger partial charge in [0.15, 0.2) is 0 Å².